The fraction of sp³-hybridized carbons (Fsp3) is 0.462. The summed E-state index contributed by atoms with van der Waals surface area (Å²) in [6.07, 6.45) is 0.212. The van der Waals surface area contributed by atoms with Crippen LogP contribution in [0.2, 0.25) is 0 Å². The van der Waals surface area contributed by atoms with Crippen LogP contribution in [0.25, 0.3) is 11.1 Å². The van der Waals surface area contributed by atoms with Crippen molar-refractivity contribution in [2.75, 3.05) is 0 Å². The van der Waals surface area contributed by atoms with E-state index in [9.17, 15) is 9.59 Å². The van der Waals surface area contributed by atoms with Crippen LogP contribution in [0.3, 0.4) is 0 Å². The van der Waals surface area contributed by atoms with Crippen molar-refractivity contribution in [1.82, 2.24) is 0 Å². The molecule has 0 atom stereocenters. The number of aryl methyl sites for hydroxylation is 2. The van der Waals surface area contributed by atoms with Gasteiger partial charge in [0.15, 0.2) is 0 Å². The summed E-state index contributed by atoms with van der Waals surface area (Å²) in [6, 6.07) is 6.21. The van der Waals surface area contributed by atoms with Crippen LogP contribution in [-0.2, 0) is 26.8 Å². The standard InChI is InChI=1S/C26H32O4/c1-14-10-15(2)23(29-16(3)27)17(11-14)22-18-12-21(28)30-24(18)20(26(7,8)9)13-19(22)25(4,5)6/h10-11,13H,12H2,1-9H3. The molecule has 4 nitrogen and oxygen atoms in total. The fourth-order valence-corrected chi connectivity index (χ4v) is 4.18. The Morgan fingerprint density at radius 3 is 2.10 bits per heavy atom. The quantitative estimate of drug-likeness (QED) is 0.455. The first-order chi connectivity index (χ1) is 13.7. The zero-order valence-electron chi connectivity index (χ0n) is 19.6. The maximum atomic E-state index is 12.4. The van der Waals surface area contributed by atoms with E-state index in [1.54, 1.807) is 0 Å². The van der Waals surface area contributed by atoms with Crippen molar-refractivity contribution < 1.29 is 19.1 Å². The average Bonchev–Trinajstić information content (AvgIpc) is 2.94. The van der Waals surface area contributed by atoms with Crippen molar-refractivity contribution in [2.45, 2.75) is 79.6 Å². The molecule has 160 valence electrons. The highest BCUT2D eigenvalue weighted by Gasteiger charge is 2.36. The number of carbonyl (C=O) groups excluding carboxylic acids is 2. The molecule has 3 rings (SSSR count). The summed E-state index contributed by atoms with van der Waals surface area (Å²) in [7, 11) is 0. The van der Waals surface area contributed by atoms with Crippen LogP contribution >= 0.6 is 0 Å². The third-order valence-electron chi connectivity index (χ3n) is 5.47. The van der Waals surface area contributed by atoms with Crippen LogP contribution in [-0.4, -0.2) is 11.9 Å². The Morgan fingerprint density at radius 2 is 1.57 bits per heavy atom. The predicted octanol–water partition coefficient (Wildman–Crippen LogP) is 5.95. The van der Waals surface area contributed by atoms with Crippen molar-refractivity contribution >= 4 is 11.9 Å². The molecule has 0 amide bonds. The zero-order chi connectivity index (χ0) is 22.6. The van der Waals surface area contributed by atoms with Gasteiger partial charge in [-0.2, -0.15) is 0 Å². The summed E-state index contributed by atoms with van der Waals surface area (Å²) >= 11 is 0. The van der Waals surface area contributed by atoms with Crippen LogP contribution in [0.1, 0.15) is 76.3 Å². The topological polar surface area (TPSA) is 52.6 Å². The minimum absolute atomic E-state index is 0.186. The van der Waals surface area contributed by atoms with Crippen molar-refractivity contribution in [2.24, 2.45) is 0 Å². The van der Waals surface area contributed by atoms with E-state index in [1.807, 2.05) is 26.0 Å². The third kappa shape index (κ3) is 4.00. The van der Waals surface area contributed by atoms with E-state index in [-0.39, 0.29) is 29.2 Å². The number of fused-ring (bicyclic) bond motifs is 1. The van der Waals surface area contributed by atoms with Crippen molar-refractivity contribution in [1.29, 1.82) is 0 Å². The molecule has 0 saturated heterocycles. The van der Waals surface area contributed by atoms with Crippen LogP contribution in [0.15, 0.2) is 18.2 Å². The normalized spacial score (nSPS) is 13.8. The van der Waals surface area contributed by atoms with E-state index in [1.165, 1.54) is 6.92 Å². The molecule has 1 aliphatic heterocycles. The Kier molecular flexibility index (Phi) is 5.34. The van der Waals surface area contributed by atoms with Crippen molar-refractivity contribution in [3.63, 3.8) is 0 Å². The highest BCUT2D eigenvalue weighted by Crippen LogP contribution is 2.50. The second-order valence-electron chi connectivity index (χ2n) is 10.4. The lowest BCUT2D eigenvalue weighted by molar-refractivity contribution is -0.132. The lowest BCUT2D eigenvalue weighted by atomic mass is 9.74. The predicted molar refractivity (Wildman–Crippen MR) is 119 cm³/mol. The Hall–Kier alpha value is -2.62. The molecule has 0 radical (unpaired) electrons. The number of esters is 2. The van der Waals surface area contributed by atoms with E-state index in [0.29, 0.717) is 11.5 Å². The summed E-state index contributed by atoms with van der Waals surface area (Å²) < 4.78 is 11.4. The molecule has 30 heavy (non-hydrogen) atoms. The number of carbonyl (C=O) groups is 2. The number of hydrogen-bond donors (Lipinski definition) is 0. The molecule has 2 aromatic carbocycles. The van der Waals surface area contributed by atoms with Gasteiger partial charge in [-0.05, 0) is 53.0 Å². The van der Waals surface area contributed by atoms with Crippen molar-refractivity contribution in [3.05, 3.63) is 46.0 Å². The van der Waals surface area contributed by atoms with Crippen LogP contribution in [0.4, 0.5) is 0 Å². The lowest BCUT2D eigenvalue weighted by Crippen LogP contribution is -2.19. The summed E-state index contributed by atoms with van der Waals surface area (Å²) in [4.78, 5) is 24.3. The van der Waals surface area contributed by atoms with Gasteiger partial charge in [0, 0.05) is 23.6 Å². The van der Waals surface area contributed by atoms with Gasteiger partial charge in [0.1, 0.15) is 11.5 Å². The Bertz CT molecular complexity index is 1050. The zero-order valence-corrected chi connectivity index (χ0v) is 19.6. The summed E-state index contributed by atoms with van der Waals surface area (Å²) in [5.41, 5.74) is 6.38. The number of hydrogen-bond acceptors (Lipinski definition) is 4. The molecular formula is C26H32O4. The maximum absolute atomic E-state index is 12.4. The largest absolute Gasteiger partial charge is 0.426 e. The third-order valence-corrected chi connectivity index (χ3v) is 5.47. The van der Waals surface area contributed by atoms with Gasteiger partial charge in [-0.25, -0.2) is 0 Å². The van der Waals surface area contributed by atoms with Crippen molar-refractivity contribution in [3.8, 4) is 22.6 Å². The molecule has 0 spiro atoms. The van der Waals surface area contributed by atoms with Gasteiger partial charge in [-0.3, -0.25) is 9.59 Å². The molecule has 0 bridgehead atoms. The van der Waals surface area contributed by atoms with Gasteiger partial charge < -0.3 is 9.47 Å². The van der Waals surface area contributed by atoms with Gasteiger partial charge in [0.05, 0.1) is 6.42 Å². The molecule has 0 N–H and O–H groups in total. The van der Waals surface area contributed by atoms with E-state index in [4.69, 9.17) is 9.47 Å². The number of rotatable bonds is 2. The van der Waals surface area contributed by atoms with E-state index < -0.39 is 0 Å². The minimum atomic E-state index is -0.365. The molecule has 0 fully saturated rings. The molecule has 0 aromatic heterocycles. The lowest BCUT2D eigenvalue weighted by Gasteiger charge is -2.30. The monoisotopic (exact) mass is 408 g/mol. The molecule has 0 aliphatic carbocycles. The fourth-order valence-electron chi connectivity index (χ4n) is 4.18. The SMILES string of the molecule is CC(=O)Oc1c(C)cc(C)cc1-c1c(C(C)(C)C)cc(C(C)(C)C)c2c1CC(=O)O2. The molecular weight excluding hydrogens is 376 g/mol. The van der Waals surface area contributed by atoms with Gasteiger partial charge in [-0.1, -0.05) is 53.7 Å². The Balaban J connectivity index is 2.49. The first-order valence-corrected chi connectivity index (χ1v) is 10.4. The smallest absolute Gasteiger partial charge is 0.315 e. The number of ether oxygens (including phenoxy) is 2. The summed E-state index contributed by atoms with van der Waals surface area (Å²) in [5, 5.41) is 0. The van der Waals surface area contributed by atoms with E-state index in [0.717, 1.165) is 38.9 Å². The van der Waals surface area contributed by atoms with E-state index in [2.05, 4.69) is 47.6 Å². The highest BCUT2D eigenvalue weighted by atomic mass is 16.5. The van der Waals surface area contributed by atoms with Crippen LogP contribution < -0.4 is 9.47 Å². The molecule has 0 unspecified atom stereocenters. The Labute approximate surface area is 179 Å². The summed E-state index contributed by atoms with van der Waals surface area (Å²) in [6.45, 7) is 18.2. The maximum Gasteiger partial charge on any atom is 0.315 e. The average molecular weight is 409 g/mol. The first-order valence-electron chi connectivity index (χ1n) is 10.4. The molecule has 0 saturated carbocycles. The first kappa shape index (κ1) is 22.1. The molecule has 1 aliphatic rings. The second kappa shape index (κ2) is 7.26. The van der Waals surface area contributed by atoms with Crippen LogP contribution in [0.5, 0.6) is 11.5 Å². The van der Waals surface area contributed by atoms with Gasteiger partial charge in [0.25, 0.3) is 0 Å². The van der Waals surface area contributed by atoms with Gasteiger partial charge >= 0.3 is 11.9 Å². The number of benzene rings is 2. The summed E-state index contributed by atoms with van der Waals surface area (Å²) in [5.74, 6) is 0.587. The molecule has 1 heterocycles. The minimum Gasteiger partial charge on any atom is -0.426 e. The highest BCUT2D eigenvalue weighted by molar-refractivity contribution is 5.91. The van der Waals surface area contributed by atoms with Crippen LogP contribution in [0, 0.1) is 13.8 Å². The molecule has 2 aromatic rings. The second-order valence-corrected chi connectivity index (χ2v) is 10.4. The van der Waals surface area contributed by atoms with Gasteiger partial charge in [0.2, 0.25) is 0 Å². The van der Waals surface area contributed by atoms with Gasteiger partial charge in [-0.15, -0.1) is 0 Å². The van der Waals surface area contributed by atoms with E-state index >= 15 is 0 Å². The molecule has 4 heteroatoms. The Morgan fingerprint density at radius 1 is 0.967 bits per heavy atom.